The van der Waals surface area contributed by atoms with Gasteiger partial charge in [0.2, 0.25) is 0 Å². The number of hydrogen-bond acceptors (Lipinski definition) is 0. The molecular weight excluding hydrogens is 333 g/mol. The van der Waals surface area contributed by atoms with Crippen LogP contribution in [0.2, 0.25) is 0 Å². The van der Waals surface area contributed by atoms with Crippen molar-refractivity contribution in [3.63, 3.8) is 0 Å². The fraction of sp³-hybridized carbons (Fsp3) is 0.478. The van der Waals surface area contributed by atoms with Crippen LogP contribution in [0.1, 0.15) is 62.5 Å². The van der Waals surface area contributed by atoms with Gasteiger partial charge in [-0.3, -0.25) is 0 Å². The van der Waals surface area contributed by atoms with Gasteiger partial charge in [-0.2, -0.15) is 0 Å². The lowest BCUT2D eigenvalue weighted by Gasteiger charge is -2.41. The smallest absolute Gasteiger partial charge is 0.159 e. The molecule has 1 fully saturated rings. The highest BCUT2D eigenvalue weighted by atomic mass is 19.2. The van der Waals surface area contributed by atoms with Crippen LogP contribution < -0.4 is 0 Å². The van der Waals surface area contributed by atoms with Crippen molar-refractivity contribution < 1.29 is 13.2 Å². The van der Waals surface area contributed by atoms with E-state index in [1.165, 1.54) is 37.3 Å². The van der Waals surface area contributed by atoms with Crippen LogP contribution in [0.4, 0.5) is 13.2 Å². The van der Waals surface area contributed by atoms with Gasteiger partial charge in [-0.15, -0.1) is 0 Å². The number of aryl methyl sites for hydroxylation is 1. The average molecular weight is 358 g/mol. The van der Waals surface area contributed by atoms with Gasteiger partial charge >= 0.3 is 0 Å². The van der Waals surface area contributed by atoms with Gasteiger partial charge in [0.1, 0.15) is 5.82 Å². The minimum absolute atomic E-state index is 0.328. The largest absolute Gasteiger partial charge is 0.206 e. The Morgan fingerprint density at radius 3 is 2.54 bits per heavy atom. The molecule has 26 heavy (non-hydrogen) atoms. The van der Waals surface area contributed by atoms with E-state index in [0.717, 1.165) is 42.9 Å². The van der Waals surface area contributed by atoms with Crippen molar-refractivity contribution in [3.05, 3.63) is 58.9 Å². The summed E-state index contributed by atoms with van der Waals surface area (Å²) < 4.78 is 41.6. The second-order valence-electron chi connectivity index (χ2n) is 8.03. The Morgan fingerprint density at radius 1 is 0.923 bits per heavy atom. The zero-order chi connectivity index (χ0) is 18.3. The number of hydrogen-bond donors (Lipinski definition) is 0. The van der Waals surface area contributed by atoms with Crippen LogP contribution in [0.5, 0.6) is 0 Å². The molecule has 138 valence electrons. The van der Waals surface area contributed by atoms with E-state index in [9.17, 15) is 13.2 Å². The van der Waals surface area contributed by atoms with Gasteiger partial charge in [0.15, 0.2) is 11.6 Å². The maximum absolute atomic E-state index is 14.8. The fourth-order valence-corrected chi connectivity index (χ4v) is 5.18. The van der Waals surface area contributed by atoms with Crippen molar-refractivity contribution >= 4 is 0 Å². The Kier molecular flexibility index (Phi) is 4.81. The number of rotatable bonds is 3. The number of halogens is 3. The Labute approximate surface area is 153 Å². The van der Waals surface area contributed by atoms with Crippen molar-refractivity contribution in [2.45, 2.75) is 57.8 Å². The molecular formula is C23H25F3. The standard InChI is InChI=1S/C23H25F3/c1-2-3-14-4-8-18-15(10-14)5-6-16-11-20(22(25)13-19(16)18)17-7-9-21(24)23(26)12-17/h7,9,11-15,18H,2-6,8,10H2,1H3/t14-,15-,18+/m1/s1. The molecule has 2 aromatic carbocycles. The summed E-state index contributed by atoms with van der Waals surface area (Å²) in [6.07, 6.45) is 8.30. The molecule has 0 heterocycles. The van der Waals surface area contributed by atoms with Crippen LogP contribution in [0.3, 0.4) is 0 Å². The lowest BCUT2D eigenvalue weighted by Crippen LogP contribution is -2.28. The van der Waals surface area contributed by atoms with E-state index in [0.29, 0.717) is 23.0 Å². The average Bonchev–Trinajstić information content (AvgIpc) is 2.63. The molecule has 0 aliphatic heterocycles. The quantitative estimate of drug-likeness (QED) is 0.553. The molecule has 0 unspecified atom stereocenters. The van der Waals surface area contributed by atoms with Crippen LogP contribution >= 0.6 is 0 Å². The molecule has 2 aliphatic carbocycles. The van der Waals surface area contributed by atoms with Gasteiger partial charge in [0.25, 0.3) is 0 Å². The molecule has 3 atom stereocenters. The fourth-order valence-electron chi connectivity index (χ4n) is 5.18. The van der Waals surface area contributed by atoms with Crippen molar-refractivity contribution in [3.8, 4) is 11.1 Å². The maximum Gasteiger partial charge on any atom is 0.159 e. The summed E-state index contributed by atoms with van der Waals surface area (Å²) >= 11 is 0. The highest BCUT2D eigenvalue weighted by Crippen LogP contribution is 2.48. The molecule has 0 N–H and O–H groups in total. The number of fused-ring (bicyclic) bond motifs is 3. The molecule has 0 amide bonds. The first kappa shape index (κ1) is 17.6. The van der Waals surface area contributed by atoms with E-state index in [1.54, 1.807) is 6.07 Å². The Bertz CT molecular complexity index is 811. The third-order valence-electron chi connectivity index (χ3n) is 6.43. The van der Waals surface area contributed by atoms with Crippen molar-refractivity contribution in [2.24, 2.45) is 11.8 Å². The van der Waals surface area contributed by atoms with Crippen molar-refractivity contribution in [1.29, 1.82) is 0 Å². The summed E-state index contributed by atoms with van der Waals surface area (Å²) in [5.74, 6) is -0.213. The molecule has 0 radical (unpaired) electrons. The molecule has 3 heteroatoms. The summed E-state index contributed by atoms with van der Waals surface area (Å²) in [7, 11) is 0. The second-order valence-corrected chi connectivity index (χ2v) is 8.03. The van der Waals surface area contributed by atoms with Gasteiger partial charge < -0.3 is 0 Å². The minimum atomic E-state index is -0.936. The zero-order valence-electron chi connectivity index (χ0n) is 15.2. The van der Waals surface area contributed by atoms with Gasteiger partial charge in [-0.1, -0.05) is 25.8 Å². The molecule has 1 saturated carbocycles. The summed E-state index contributed by atoms with van der Waals surface area (Å²) in [6.45, 7) is 2.25. The normalized spacial score (nSPS) is 24.8. The third-order valence-corrected chi connectivity index (χ3v) is 6.43. The first-order chi connectivity index (χ1) is 12.6. The highest BCUT2D eigenvalue weighted by molar-refractivity contribution is 5.66. The molecule has 4 rings (SSSR count). The van der Waals surface area contributed by atoms with Crippen LogP contribution in [-0.2, 0) is 6.42 Å². The highest BCUT2D eigenvalue weighted by Gasteiger charge is 2.35. The van der Waals surface area contributed by atoms with Gasteiger partial charge in [0, 0.05) is 5.56 Å². The van der Waals surface area contributed by atoms with E-state index >= 15 is 0 Å². The summed E-state index contributed by atoms with van der Waals surface area (Å²) in [5.41, 5.74) is 3.11. The van der Waals surface area contributed by atoms with Crippen LogP contribution in [0, 0.1) is 29.3 Å². The number of benzene rings is 2. The maximum atomic E-state index is 14.8. The van der Waals surface area contributed by atoms with E-state index in [-0.39, 0.29) is 5.82 Å². The monoisotopic (exact) mass is 358 g/mol. The van der Waals surface area contributed by atoms with Crippen LogP contribution in [0.25, 0.3) is 11.1 Å². The predicted molar refractivity (Wildman–Crippen MR) is 98.6 cm³/mol. The van der Waals surface area contributed by atoms with Crippen LogP contribution in [0.15, 0.2) is 30.3 Å². The Balaban J connectivity index is 1.65. The first-order valence-electron chi connectivity index (χ1n) is 9.84. The molecule has 0 bridgehead atoms. The van der Waals surface area contributed by atoms with E-state index < -0.39 is 11.6 Å². The van der Waals surface area contributed by atoms with E-state index in [4.69, 9.17) is 0 Å². The molecule has 0 aromatic heterocycles. The second kappa shape index (κ2) is 7.09. The third kappa shape index (κ3) is 3.17. The topological polar surface area (TPSA) is 0 Å². The molecule has 2 aliphatic rings. The van der Waals surface area contributed by atoms with Gasteiger partial charge in [-0.25, -0.2) is 13.2 Å². The van der Waals surface area contributed by atoms with Gasteiger partial charge in [-0.05, 0) is 90.8 Å². The van der Waals surface area contributed by atoms with Crippen molar-refractivity contribution in [1.82, 2.24) is 0 Å². The zero-order valence-corrected chi connectivity index (χ0v) is 15.2. The molecule has 0 saturated heterocycles. The minimum Gasteiger partial charge on any atom is -0.206 e. The van der Waals surface area contributed by atoms with Crippen LogP contribution in [-0.4, -0.2) is 0 Å². The molecule has 0 nitrogen and oxygen atoms in total. The lowest BCUT2D eigenvalue weighted by molar-refractivity contribution is 0.201. The molecule has 2 aromatic rings. The lowest BCUT2D eigenvalue weighted by atomic mass is 9.64. The molecule has 0 spiro atoms. The Hall–Kier alpha value is -1.77. The Morgan fingerprint density at radius 2 is 1.77 bits per heavy atom. The first-order valence-corrected chi connectivity index (χ1v) is 9.84. The predicted octanol–water partition coefficient (Wildman–Crippen LogP) is 7.02. The summed E-state index contributed by atoms with van der Waals surface area (Å²) in [4.78, 5) is 0. The van der Waals surface area contributed by atoms with E-state index in [2.05, 4.69) is 6.92 Å². The van der Waals surface area contributed by atoms with E-state index in [1.807, 2.05) is 6.07 Å². The summed E-state index contributed by atoms with van der Waals surface area (Å²) in [5, 5.41) is 0. The van der Waals surface area contributed by atoms with Gasteiger partial charge in [0.05, 0.1) is 0 Å². The summed E-state index contributed by atoms with van der Waals surface area (Å²) in [6, 6.07) is 7.13. The van der Waals surface area contributed by atoms with Crippen molar-refractivity contribution in [2.75, 3.05) is 0 Å². The SMILES string of the molecule is CCC[C@@H]1CC[C@@H]2c3cc(F)c(-c4ccc(F)c(F)c4)cc3CC[C@@H]2C1.